The van der Waals surface area contributed by atoms with Crippen LogP contribution < -0.4 is 4.90 Å². The van der Waals surface area contributed by atoms with Gasteiger partial charge in [-0.1, -0.05) is 176 Å². The average molecular weight is 805 g/mol. The second-order valence-corrected chi connectivity index (χ2v) is 16.1. The number of hydrogen-bond donors (Lipinski definition) is 0. The number of nitrogens with zero attached hydrogens (tertiary/aromatic N) is 2. The van der Waals surface area contributed by atoms with Crippen molar-refractivity contribution in [2.45, 2.75) is 0 Å². The van der Waals surface area contributed by atoms with Gasteiger partial charge < -0.3 is 13.9 Å². The van der Waals surface area contributed by atoms with Crippen LogP contribution >= 0.6 is 0 Å². The van der Waals surface area contributed by atoms with Crippen molar-refractivity contribution in [3.63, 3.8) is 0 Å². The van der Waals surface area contributed by atoms with Gasteiger partial charge in [0.1, 0.15) is 11.2 Å². The van der Waals surface area contributed by atoms with Gasteiger partial charge in [-0.15, -0.1) is 0 Å². The van der Waals surface area contributed by atoms with E-state index >= 15 is 0 Å². The highest BCUT2D eigenvalue weighted by atomic mass is 16.3. The molecule has 0 saturated carbocycles. The van der Waals surface area contributed by atoms with Crippen LogP contribution in [0.15, 0.2) is 247 Å². The number of anilines is 3. The molecule has 0 radical (unpaired) electrons. The van der Waals surface area contributed by atoms with Crippen molar-refractivity contribution in [3.8, 4) is 50.2 Å². The van der Waals surface area contributed by atoms with Gasteiger partial charge in [0, 0.05) is 44.2 Å². The molecule has 0 aliphatic heterocycles. The lowest BCUT2D eigenvalue weighted by Crippen LogP contribution is -2.11. The van der Waals surface area contributed by atoms with E-state index in [0.29, 0.717) is 0 Å². The van der Waals surface area contributed by atoms with Gasteiger partial charge in [0.2, 0.25) is 0 Å². The fraction of sp³-hybridized carbons (Fsp3) is 0. The second-order valence-electron chi connectivity index (χ2n) is 16.1. The highest BCUT2D eigenvalue weighted by molar-refractivity contribution is 6.12. The number of rotatable bonds is 8. The molecule has 0 N–H and O–H groups in total. The average Bonchev–Trinajstić information content (AvgIpc) is 3.91. The van der Waals surface area contributed by atoms with Crippen molar-refractivity contribution in [3.05, 3.63) is 243 Å². The highest BCUT2D eigenvalue weighted by Gasteiger charge is 2.19. The molecule has 63 heavy (non-hydrogen) atoms. The zero-order chi connectivity index (χ0) is 41.7. The molecule has 0 bridgehead atoms. The molecule has 296 valence electrons. The van der Waals surface area contributed by atoms with Gasteiger partial charge in [-0.25, -0.2) is 0 Å². The topological polar surface area (TPSA) is 21.3 Å². The Morgan fingerprint density at radius 1 is 0.317 bits per heavy atom. The number of furan rings is 1. The van der Waals surface area contributed by atoms with Crippen LogP contribution in [-0.2, 0) is 0 Å². The van der Waals surface area contributed by atoms with E-state index in [2.05, 4.69) is 240 Å². The van der Waals surface area contributed by atoms with E-state index in [1.54, 1.807) is 0 Å². The summed E-state index contributed by atoms with van der Waals surface area (Å²) in [4.78, 5) is 2.39. The minimum atomic E-state index is 0.902. The number of benzene rings is 10. The van der Waals surface area contributed by atoms with Crippen LogP contribution in [0.25, 0.3) is 93.9 Å². The van der Waals surface area contributed by atoms with Crippen molar-refractivity contribution < 1.29 is 4.42 Å². The largest absolute Gasteiger partial charge is 0.456 e. The minimum Gasteiger partial charge on any atom is -0.456 e. The number of aromatic nitrogens is 1. The van der Waals surface area contributed by atoms with Crippen molar-refractivity contribution >= 4 is 60.8 Å². The van der Waals surface area contributed by atoms with Crippen molar-refractivity contribution in [2.75, 3.05) is 4.90 Å². The Bertz CT molecular complexity index is 3550. The molecule has 2 aromatic heterocycles. The predicted octanol–water partition coefficient (Wildman–Crippen LogP) is 16.8. The van der Waals surface area contributed by atoms with E-state index in [4.69, 9.17) is 4.42 Å². The SMILES string of the molecule is c1ccc(-c2cccc(N(c3ccc(-c4ccc(-n5c6ccccc6c6ccccc65)cc4)cc3)c3ccccc3-c3ccc(-c4cccc5oc6ccccc6c45)cc3)c2)cc1. The first kappa shape index (κ1) is 36.5. The normalized spacial score (nSPS) is 11.5. The molecular formula is C60H40N2O. The second kappa shape index (κ2) is 15.3. The van der Waals surface area contributed by atoms with Crippen LogP contribution in [0.5, 0.6) is 0 Å². The standard InChI is InChI=1S/C60H40N2O/c1-2-14-41(15-3-1)46-16-12-17-49(40-46)61(47-36-32-42(33-37-47)43-34-38-48(39-35-43)62-56-24-9-5-19-52(56)53-20-6-10-25-57(53)62)55-23-8-4-18-50(55)44-28-30-45(31-29-44)51-22-13-27-59-60(51)54-21-7-11-26-58(54)63-59/h1-40H. The summed E-state index contributed by atoms with van der Waals surface area (Å²) < 4.78 is 8.61. The molecule has 2 heterocycles. The quantitative estimate of drug-likeness (QED) is 0.153. The molecule has 0 amide bonds. The lowest BCUT2D eigenvalue weighted by atomic mass is 9.96. The van der Waals surface area contributed by atoms with Crippen molar-refractivity contribution in [2.24, 2.45) is 0 Å². The first-order valence-electron chi connectivity index (χ1n) is 21.5. The van der Waals surface area contributed by atoms with E-state index in [9.17, 15) is 0 Å². The smallest absolute Gasteiger partial charge is 0.136 e. The molecule has 0 unspecified atom stereocenters. The summed E-state index contributed by atoms with van der Waals surface area (Å²) in [7, 11) is 0. The van der Waals surface area contributed by atoms with Crippen molar-refractivity contribution in [1.82, 2.24) is 4.57 Å². The maximum Gasteiger partial charge on any atom is 0.136 e. The summed E-state index contributed by atoms with van der Waals surface area (Å²) in [6, 6.07) is 87.1. The fourth-order valence-electron chi connectivity index (χ4n) is 9.45. The summed E-state index contributed by atoms with van der Waals surface area (Å²) in [5.74, 6) is 0. The maximum atomic E-state index is 6.24. The third-order valence-corrected chi connectivity index (χ3v) is 12.4. The van der Waals surface area contributed by atoms with Crippen LogP contribution in [0.1, 0.15) is 0 Å². The van der Waals surface area contributed by atoms with E-state index in [1.165, 1.54) is 38.5 Å². The Labute approximate surface area is 366 Å². The van der Waals surface area contributed by atoms with Crippen molar-refractivity contribution in [1.29, 1.82) is 0 Å². The third-order valence-electron chi connectivity index (χ3n) is 12.4. The predicted molar refractivity (Wildman–Crippen MR) is 264 cm³/mol. The van der Waals surface area contributed by atoms with Gasteiger partial charge in [-0.05, 0) is 106 Å². The Morgan fingerprint density at radius 3 is 1.56 bits per heavy atom. The monoisotopic (exact) mass is 804 g/mol. The Hall–Kier alpha value is -8.40. The lowest BCUT2D eigenvalue weighted by Gasteiger charge is -2.28. The molecule has 12 aromatic rings. The Kier molecular flexibility index (Phi) is 8.83. The molecular weight excluding hydrogens is 765 g/mol. The zero-order valence-electron chi connectivity index (χ0n) is 34.4. The van der Waals surface area contributed by atoms with Gasteiger partial charge >= 0.3 is 0 Å². The molecule has 12 rings (SSSR count). The molecule has 0 fully saturated rings. The van der Waals surface area contributed by atoms with Crippen LogP contribution in [0.4, 0.5) is 17.1 Å². The van der Waals surface area contributed by atoms with Gasteiger partial charge in [-0.3, -0.25) is 0 Å². The summed E-state index contributed by atoms with van der Waals surface area (Å²) in [5, 5.41) is 4.81. The molecule has 0 atom stereocenters. The number of para-hydroxylation sites is 4. The van der Waals surface area contributed by atoms with Crippen LogP contribution in [0, 0.1) is 0 Å². The molecule has 3 nitrogen and oxygen atoms in total. The summed E-state index contributed by atoms with van der Waals surface area (Å²) in [6.45, 7) is 0. The van der Waals surface area contributed by atoms with Crippen LogP contribution in [0.2, 0.25) is 0 Å². The molecule has 10 aromatic carbocycles. The summed E-state index contributed by atoms with van der Waals surface area (Å²) >= 11 is 0. The number of fused-ring (bicyclic) bond motifs is 6. The zero-order valence-corrected chi connectivity index (χ0v) is 34.4. The van der Waals surface area contributed by atoms with E-state index in [1.807, 2.05) is 12.1 Å². The van der Waals surface area contributed by atoms with Gasteiger partial charge in [0.05, 0.1) is 16.7 Å². The van der Waals surface area contributed by atoms with E-state index < -0.39 is 0 Å². The van der Waals surface area contributed by atoms with E-state index in [0.717, 1.165) is 72.5 Å². The summed E-state index contributed by atoms with van der Waals surface area (Å²) in [6.07, 6.45) is 0. The first-order chi connectivity index (χ1) is 31.2. The number of hydrogen-bond acceptors (Lipinski definition) is 2. The summed E-state index contributed by atoms with van der Waals surface area (Å²) in [5.41, 5.74) is 17.9. The van der Waals surface area contributed by atoms with Gasteiger partial charge in [0.25, 0.3) is 0 Å². The molecule has 0 aliphatic rings. The van der Waals surface area contributed by atoms with Crippen LogP contribution in [0.3, 0.4) is 0 Å². The Morgan fingerprint density at radius 2 is 0.825 bits per heavy atom. The lowest BCUT2D eigenvalue weighted by molar-refractivity contribution is 0.669. The fourth-order valence-corrected chi connectivity index (χ4v) is 9.45. The first-order valence-corrected chi connectivity index (χ1v) is 21.5. The molecule has 0 spiro atoms. The molecule has 0 saturated heterocycles. The highest BCUT2D eigenvalue weighted by Crippen LogP contribution is 2.44. The van der Waals surface area contributed by atoms with Gasteiger partial charge in [0.15, 0.2) is 0 Å². The van der Waals surface area contributed by atoms with E-state index in [-0.39, 0.29) is 0 Å². The molecule has 3 heteroatoms. The van der Waals surface area contributed by atoms with Crippen LogP contribution in [-0.4, -0.2) is 4.57 Å². The third kappa shape index (κ3) is 6.38. The maximum absolute atomic E-state index is 6.24. The minimum absolute atomic E-state index is 0.902. The van der Waals surface area contributed by atoms with Gasteiger partial charge in [-0.2, -0.15) is 0 Å². The molecule has 0 aliphatic carbocycles. The Balaban J connectivity index is 0.927.